The topological polar surface area (TPSA) is 93.4 Å². The number of carboxylic acid groups (broad SMARTS) is 1. The molecule has 6 nitrogen and oxygen atoms in total. The van der Waals surface area contributed by atoms with E-state index in [0.29, 0.717) is 12.1 Å². The Morgan fingerprint density at radius 1 is 1.43 bits per heavy atom. The molecule has 0 aliphatic carbocycles. The molecule has 1 aromatic carbocycles. The van der Waals surface area contributed by atoms with Gasteiger partial charge in [0.25, 0.3) is 0 Å². The van der Waals surface area contributed by atoms with E-state index in [1.807, 2.05) is 6.07 Å². The van der Waals surface area contributed by atoms with Crippen molar-refractivity contribution in [2.24, 2.45) is 0 Å². The molecule has 0 aromatic heterocycles. The van der Waals surface area contributed by atoms with Crippen LogP contribution in [0.15, 0.2) is 12.1 Å². The van der Waals surface area contributed by atoms with Crippen molar-refractivity contribution >= 4 is 17.7 Å². The second-order valence-electron chi connectivity index (χ2n) is 4.37. The number of urea groups is 1. The van der Waals surface area contributed by atoms with E-state index in [1.54, 1.807) is 6.92 Å². The maximum Gasteiger partial charge on any atom is 0.337 e. The molecule has 0 saturated heterocycles. The highest BCUT2D eigenvalue weighted by Gasteiger charge is 2.20. The van der Waals surface area contributed by atoms with Crippen LogP contribution in [0.2, 0.25) is 0 Å². The Kier molecular flexibility index (Phi) is 5.18. The number of nitrogens with zero attached hydrogens (tertiary/aromatic N) is 2. The fourth-order valence-electron chi connectivity index (χ4n) is 1.50. The van der Waals surface area contributed by atoms with Gasteiger partial charge in [0.2, 0.25) is 0 Å². The van der Waals surface area contributed by atoms with Gasteiger partial charge in [0, 0.05) is 19.2 Å². The standard InChI is InChI=1S/C13H13F2N3O3/c1-7(3-4-16)18(2)13(21)17-11-6-10(15)9(14)5-8(11)12(19)20/h5-7H,3H2,1-2H3,(H,17,21)(H,19,20). The number of hydrogen-bond donors (Lipinski definition) is 2. The lowest BCUT2D eigenvalue weighted by Crippen LogP contribution is -2.38. The number of aromatic carboxylic acids is 1. The lowest BCUT2D eigenvalue weighted by molar-refractivity contribution is 0.0697. The average Bonchev–Trinajstić information content (AvgIpc) is 2.41. The van der Waals surface area contributed by atoms with Crippen molar-refractivity contribution in [1.82, 2.24) is 4.90 Å². The fraction of sp³-hybridized carbons (Fsp3) is 0.308. The van der Waals surface area contributed by atoms with E-state index in [4.69, 9.17) is 10.4 Å². The minimum absolute atomic E-state index is 0.0769. The summed E-state index contributed by atoms with van der Waals surface area (Å²) in [4.78, 5) is 24.0. The quantitative estimate of drug-likeness (QED) is 0.892. The Labute approximate surface area is 119 Å². The van der Waals surface area contributed by atoms with Gasteiger partial charge in [-0.15, -0.1) is 0 Å². The third-order valence-corrected chi connectivity index (χ3v) is 2.90. The summed E-state index contributed by atoms with van der Waals surface area (Å²) in [5.41, 5.74) is -0.925. The summed E-state index contributed by atoms with van der Waals surface area (Å²) in [6.45, 7) is 1.62. The normalized spacial score (nSPS) is 11.4. The predicted octanol–water partition coefficient (Wildman–Crippen LogP) is 2.43. The molecule has 0 heterocycles. The number of carboxylic acids is 1. The number of nitriles is 1. The average molecular weight is 297 g/mol. The van der Waals surface area contributed by atoms with Crippen LogP contribution in [0, 0.1) is 23.0 Å². The minimum atomic E-state index is -1.50. The Balaban J connectivity index is 3.02. The van der Waals surface area contributed by atoms with Gasteiger partial charge >= 0.3 is 12.0 Å². The molecule has 1 aromatic rings. The number of halogens is 2. The Morgan fingerprint density at radius 2 is 2.00 bits per heavy atom. The Bertz CT molecular complexity index is 613. The first kappa shape index (κ1) is 16.4. The first-order chi connectivity index (χ1) is 9.77. The third kappa shape index (κ3) is 3.89. The van der Waals surface area contributed by atoms with Crippen LogP contribution in [0.3, 0.4) is 0 Å². The van der Waals surface area contributed by atoms with Crippen LogP contribution in [0.25, 0.3) is 0 Å². The van der Waals surface area contributed by atoms with Crippen molar-refractivity contribution in [3.63, 3.8) is 0 Å². The van der Waals surface area contributed by atoms with Crippen molar-refractivity contribution in [2.75, 3.05) is 12.4 Å². The zero-order valence-electron chi connectivity index (χ0n) is 11.4. The molecule has 1 rings (SSSR count). The molecule has 0 aliphatic rings. The number of benzene rings is 1. The molecule has 0 fully saturated rings. The number of carbonyl (C=O) groups is 2. The molecule has 2 N–H and O–H groups in total. The number of amides is 2. The summed E-state index contributed by atoms with van der Waals surface area (Å²) < 4.78 is 26.2. The van der Waals surface area contributed by atoms with E-state index in [1.165, 1.54) is 7.05 Å². The zero-order valence-corrected chi connectivity index (χ0v) is 11.4. The number of anilines is 1. The van der Waals surface area contributed by atoms with E-state index in [-0.39, 0.29) is 12.1 Å². The number of hydrogen-bond acceptors (Lipinski definition) is 3. The van der Waals surface area contributed by atoms with Crippen LogP contribution in [-0.4, -0.2) is 35.1 Å². The van der Waals surface area contributed by atoms with Gasteiger partial charge < -0.3 is 15.3 Å². The molecular formula is C13H13F2N3O3. The molecule has 0 saturated carbocycles. The number of nitrogens with one attached hydrogen (secondary N) is 1. The SMILES string of the molecule is CC(CC#N)N(C)C(=O)Nc1cc(F)c(F)cc1C(=O)O. The van der Waals surface area contributed by atoms with Crippen molar-refractivity contribution in [3.8, 4) is 6.07 Å². The van der Waals surface area contributed by atoms with Crippen LogP contribution in [0.1, 0.15) is 23.7 Å². The molecule has 0 radical (unpaired) electrons. The van der Waals surface area contributed by atoms with Crippen LogP contribution < -0.4 is 5.32 Å². The molecule has 112 valence electrons. The maximum absolute atomic E-state index is 13.2. The highest BCUT2D eigenvalue weighted by molar-refractivity contribution is 6.00. The Morgan fingerprint density at radius 3 is 2.52 bits per heavy atom. The molecule has 0 bridgehead atoms. The summed E-state index contributed by atoms with van der Waals surface area (Å²) in [7, 11) is 1.40. The molecule has 1 atom stereocenters. The fourth-order valence-corrected chi connectivity index (χ4v) is 1.50. The van der Waals surface area contributed by atoms with Gasteiger partial charge in [0.05, 0.1) is 23.7 Å². The van der Waals surface area contributed by atoms with E-state index in [9.17, 15) is 18.4 Å². The summed E-state index contributed by atoms with van der Waals surface area (Å²) >= 11 is 0. The smallest absolute Gasteiger partial charge is 0.337 e. The summed E-state index contributed by atoms with van der Waals surface area (Å²) in [6, 6.07) is 1.82. The lowest BCUT2D eigenvalue weighted by Gasteiger charge is -2.23. The summed E-state index contributed by atoms with van der Waals surface area (Å²) in [6.07, 6.45) is 0.0769. The van der Waals surface area contributed by atoms with Crippen LogP contribution >= 0.6 is 0 Å². The zero-order chi connectivity index (χ0) is 16.2. The van der Waals surface area contributed by atoms with Gasteiger partial charge in [0.15, 0.2) is 11.6 Å². The molecule has 8 heteroatoms. The third-order valence-electron chi connectivity index (χ3n) is 2.90. The van der Waals surface area contributed by atoms with Crippen molar-refractivity contribution < 1.29 is 23.5 Å². The van der Waals surface area contributed by atoms with Crippen molar-refractivity contribution in [3.05, 3.63) is 29.3 Å². The van der Waals surface area contributed by atoms with Crippen LogP contribution in [-0.2, 0) is 0 Å². The molecule has 1 unspecified atom stereocenters. The van der Waals surface area contributed by atoms with Gasteiger partial charge in [-0.05, 0) is 13.0 Å². The maximum atomic E-state index is 13.2. The van der Waals surface area contributed by atoms with Gasteiger partial charge in [-0.25, -0.2) is 18.4 Å². The Hall–Kier alpha value is -2.69. The van der Waals surface area contributed by atoms with Gasteiger partial charge in [-0.3, -0.25) is 0 Å². The summed E-state index contributed by atoms with van der Waals surface area (Å²) in [5.74, 6) is -4.10. The predicted molar refractivity (Wildman–Crippen MR) is 69.8 cm³/mol. The van der Waals surface area contributed by atoms with Gasteiger partial charge in [-0.2, -0.15) is 5.26 Å². The van der Waals surface area contributed by atoms with E-state index < -0.39 is 35.2 Å². The van der Waals surface area contributed by atoms with Crippen molar-refractivity contribution in [2.45, 2.75) is 19.4 Å². The second kappa shape index (κ2) is 6.65. The van der Waals surface area contributed by atoms with E-state index in [2.05, 4.69) is 5.32 Å². The monoisotopic (exact) mass is 297 g/mol. The van der Waals surface area contributed by atoms with E-state index in [0.717, 1.165) is 4.90 Å². The summed E-state index contributed by atoms with van der Waals surface area (Å²) in [5, 5.41) is 19.7. The highest BCUT2D eigenvalue weighted by Crippen LogP contribution is 2.21. The molecule has 0 spiro atoms. The second-order valence-corrected chi connectivity index (χ2v) is 4.37. The first-order valence-corrected chi connectivity index (χ1v) is 5.91. The molecule has 21 heavy (non-hydrogen) atoms. The number of rotatable bonds is 4. The van der Waals surface area contributed by atoms with Gasteiger partial charge in [-0.1, -0.05) is 0 Å². The highest BCUT2D eigenvalue weighted by atomic mass is 19.2. The molecular weight excluding hydrogens is 284 g/mol. The number of carbonyl (C=O) groups excluding carboxylic acids is 1. The van der Waals surface area contributed by atoms with Crippen LogP contribution in [0.5, 0.6) is 0 Å². The van der Waals surface area contributed by atoms with E-state index >= 15 is 0 Å². The lowest BCUT2D eigenvalue weighted by atomic mass is 10.1. The largest absolute Gasteiger partial charge is 0.478 e. The molecule has 0 aliphatic heterocycles. The van der Waals surface area contributed by atoms with Crippen molar-refractivity contribution in [1.29, 1.82) is 5.26 Å². The first-order valence-electron chi connectivity index (χ1n) is 5.91. The van der Waals surface area contributed by atoms with Gasteiger partial charge in [0.1, 0.15) is 0 Å². The van der Waals surface area contributed by atoms with Crippen LogP contribution in [0.4, 0.5) is 19.3 Å². The minimum Gasteiger partial charge on any atom is -0.478 e. The molecule has 2 amide bonds.